The molecular formula is C16H16F2N2O. The molecule has 2 aromatic rings. The first-order valence-corrected chi connectivity index (χ1v) is 6.62. The lowest BCUT2D eigenvalue weighted by molar-refractivity contribution is 0.0984. The van der Waals surface area contributed by atoms with Crippen LogP contribution >= 0.6 is 0 Å². The van der Waals surface area contributed by atoms with Crippen LogP contribution in [0.1, 0.15) is 22.8 Å². The number of carbonyl (C=O) groups is 1. The molecule has 0 aliphatic heterocycles. The van der Waals surface area contributed by atoms with Gasteiger partial charge >= 0.3 is 0 Å². The van der Waals surface area contributed by atoms with Gasteiger partial charge < -0.3 is 10.6 Å². The third kappa shape index (κ3) is 3.25. The normalized spacial score (nSPS) is 10.5. The van der Waals surface area contributed by atoms with E-state index in [1.807, 2.05) is 12.1 Å². The second kappa shape index (κ2) is 6.45. The SMILES string of the molecule is CCN(C(=O)c1ccc(F)cc1F)c1ccc(CN)cc1. The molecule has 0 heterocycles. The number of benzene rings is 2. The summed E-state index contributed by atoms with van der Waals surface area (Å²) < 4.78 is 26.7. The quantitative estimate of drug-likeness (QED) is 0.940. The highest BCUT2D eigenvalue weighted by molar-refractivity contribution is 6.06. The number of hydrogen-bond donors (Lipinski definition) is 1. The van der Waals surface area contributed by atoms with Crippen LogP contribution in [0, 0.1) is 11.6 Å². The van der Waals surface area contributed by atoms with Crippen LogP contribution in [0.15, 0.2) is 42.5 Å². The Morgan fingerprint density at radius 3 is 2.33 bits per heavy atom. The smallest absolute Gasteiger partial charge is 0.261 e. The van der Waals surface area contributed by atoms with Gasteiger partial charge in [0.1, 0.15) is 11.6 Å². The molecule has 0 aromatic heterocycles. The average molecular weight is 290 g/mol. The Labute approximate surface area is 122 Å². The number of anilines is 1. The van der Waals surface area contributed by atoms with Crippen LogP contribution in [0.2, 0.25) is 0 Å². The summed E-state index contributed by atoms with van der Waals surface area (Å²) in [6.45, 7) is 2.57. The highest BCUT2D eigenvalue weighted by Crippen LogP contribution is 2.20. The molecule has 2 aromatic carbocycles. The summed E-state index contributed by atoms with van der Waals surface area (Å²) in [6, 6.07) is 10.1. The van der Waals surface area contributed by atoms with E-state index in [4.69, 9.17) is 5.73 Å². The molecule has 0 saturated heterocycles. The molecule has 0 radical (unpaired) electrons. The zero-order chi connectivity index (χ0) is 15.4. The molecule has 0 atom stereocenters. The van der Waals surface area contributed by atoms with Gasteiger partial charge in [0.2, 0.25) is 0 Å². The lowest BCUT2D eigenvalue weighted by Gasteiger charge is -2.21. The highest BCUT2D eigenvalue weighted by Gasteiger charge is 2.19. The van der Waals surface area contributed by atoms with Gasteiger partial charge in [0.15, 0.2) is 0 Å². The Balaban J connectivity index is 2.33. The van der Waals surface area contributed by atoms with Gasteiger partial charge in [0, 0.05) is 24.8 Å². The minimum Gasteiger partial charge on any atom is -0.326 e. The molecule has 5 heteroatoms. The van der Waals surface area contributed by atoms with Crippen LogP contribution in [0.4, 0.5) is 14.5 Å². The number of halogens is 2. The van der Waals surface area contributed by atoms with Gasteiger partial charge in [-0.2, -0.15) is 0 Å². The number of rotatable bonds is 4. The van der Waals surface area contributed by atoms with Gasteiger partial charge in [-0.05, 0) is 36.8 Å². The number of amides is 1. The van der Waals surface area contributed by atoms with Crippen molar-refractivity contribution in [3.63, 3.8) is 0 Å². The molecule has 0 aliphatic rings. The summed E-state index contributed by atoms with van der Waals surface area (Å²) in [7, 11) is 0. The molecule has 21 heavy (non-hydrogen) atoms. The molecule has 0 aliphatic carbocycles. The number of nitrogens with zero attached hydrogens (tertiary/aromatic N) is 1. The maximum absolute atomic E-state index is 13.7. The van der Waals surface area contributed by atoms with E-state index in [9.17, 15) is 13.6 Å². The third-order valence-corrected chi connectivity index (χ3v) is 3.21. The van der Waals surface area contributed by atoms with Crippen molar-refractivity contribution in [1.82, 2.24) is 0 Å². The monoisotopic (exact) mass is 290 g/mol. The van der Waals surface area contributed by atoms with E-state index < -0.39 is 17.5 Å². The third-order valence-electron chi connectivity index (χ3n) is 3.21. The van der Waals surface area contributed by atoms with Crippen LogP contribution in [0.25, 0.3) is 0 Å². The first-order chi connectivity index (χ1) is 10.1. The van der Waals surface area contributed by atoms with Gasteiger partial charge in [0.25, 0.3) is 5.91 Å². The summed E-state index contributed by atoms with van der Waals surface area (Å²) >= 11 is 0. The van der Waals surface area contributed by atoms with Crippen molar-refractivity contribution in [2.45, 2.75) is 13.5 Å². The number of carbonyl (C=O) groups excluding carboxylic acids is 1. The Kier molecular flexibility index (Phi) is 4.65. The van der Waals surface area contributed by atoms with Crippen molar-refractivity contribution < 1.29 is 13.6 Å². The van der Waals surface area contributed by atoms with Crippen molar-refractivity contribution in [2.24, 2.45) is 5.73 Å². The molecule has 2 rings (SSSR count). The molecule has 0 fully saturated rings. The fourth-order valence-electron chi connectivity index (χ4n) is 2.06. The lowest BCUT2D eigenvalue weighted by atomic mass is 10.1. The predicted octanol–water partition coefficient (Wildman–Crippen LogP) is 3.09. The van der Waals surface area contributed by atoms with Crippen molar-refractivity contribution in [3.05, 3.63) is 65.2 Å². The Morgan fingerprint density at radius 1 is 1.14 bits per heavy atom. The zero-order valence-electron chi connectivity index (χ0n) is 11.6. The predicted molar refractivity (Wildman–Crippen MR) is 78.0 cm³/mol. The number of nitrogens with two attached hydrogens (primary N) is 1. The molecule has 0 unspecified atom stereocenters. The maximum atomic E-state index is 13.7. The molecular weight excluding hydrogens is 274 g/mol. The standard InChI is InChI=1S/C16H16F2N2O/c1-2-20(13-6-3-11(10-19)4-7-13)16(21)14-8-5-12(17)9-15(14)18/h3-9H,2,10,19H2,1H3. The largest absolute Gasteiger partial charge is 0.326 e. The van der Waals surface area contributed by atoms with Gasteiger partial charge in [-0.3, -0.25) is 4.79 Å². The molecule has 0 saturated carbocycles. The zero-order valence-corrected chi connectivity index (χ0v) is 11.6. The molecule has 1 amide bonds. The van der Waals surface area contributed by atoms with Crippen LogP contribution in [-0.4, -0.2) is 12.5 Å². The van der Waals surface area contributed by atoms with E-state index in [1.54, 1.807) is 19.1 Å². The summed E-state index contributed by atoms with van der Waals surface area (Å²) in [5.74, 6) is -2.08. The second-order valence-corrected chi connectivity index (χ2v) is 4.54. The first-order valence-electron chi connectivity index (χ1n) is 6.62. The van der Waals surface area contributed by atoms with E-state index in [2.05, 4.69) is 0 Å². The van der Waals surface area contributed by atoms with E-state index >= 15 is 0 Å². The van der Waals surface area contributed by atoms with Crippen LogP contribution in [0.3, 0.4) is 0 Å². The maximum Gasteiger partial charge on any atom is 0.261 e. The minimum absolute atomic E-state index is 0.152. The second-order valence-electron chi connectivity index (χ2n) is 4.54. The van der Waals surface area contributed by atoms with Crippen molar-refractivity contribution in [1.29, 1.82) is 0 Å². The lowest BCUT2D eigenvalue weighted by Crippen LogP contribution is -2.31. The van der Waals surface area contributed by atoms with Crippen LogP contribution in [0.5, 0.6) is 0 Å². The van der Waals surface area contributed by atoms with Crippen molar-refractivity contribution >= 4 is 11.6 Å². The van der Waals surface area contributed by atoms with E-state index in [0.717, 1.165) is 17.7 Å². The molecule has 0 spiro atoms. The Bertz CT molecular complexity index is 641. The van der Waals surface area contributed by atoms with E-state index in [1.165, 1.54) is 4.90 Å². The molecule has 3 nitrogen and oxygen atoms in total. The van der Waals surface area contributed by atoms with E-state index in [-0.39, 0.29) is 5.56 Å². The summed E-state index contributed by atoms with van der Waals surface area (Å²) in [5, 5.41) is 0. The van der Waals surface area contributed by atoms with Crippen molar-refractivity contribution in [3.8, 4) is 0 Å². The van der Waals surface area contributed by atoms with Crippen molar-refractivity contribution in [2.75, 3.05) is 11.4 Å². The fourth-order valence-corrected chi connectivity index (χ4v) is 2.06. The van der Waals surface area contributed by atoms with Gasteiger partial charge in [-0.1, -0.05) is 12.1 Å². The summed E-state index contributed by atoms with van der Waals surface area (Å²) in [4.78, 5) is 13.8. The average Bonchev–Trinajstić information content (AvgIpc) is 2.48. The van der Waals surface area contributed by atoms with Gasteiger partial charge in [-0.15, -0.1) is 0 Å². The highest BCUT2D eigenvalue weighted by atomic mass is 19.1. The molecule has 0 bridgehead atoms. The number of hydrogen-bond acceptors (Lipinski definition) is 2. The fraction of sp³-hybridized carbons (Fsp3) is 0.188. The summed E-state index contributed by atoms with van der Waals surface area (Å²) in [5.41, 5.74) is 6.96. The van der Waals surface area contributed by atoms with Gasteiger partial charge in [-0.25, -0.2) is 8.78 Å². The Hall–Kier alpha value is -2.27. The van der Waals surface area contributed by atoms with Crippen LogP contribution in [-0.2, 0) is 6.54 Å². The first kappa shape index (κ1) is 15.1. The van der Waals surface area contributed by atoms with Crippen LogP contribution < -0.4 is 10.6 Å². The van der Waals surface area contributed by atoms with E-state index in [0.29, 0.717) is 24.8 Å². The molecule has 110 valence electrons. The Morgan fingerprint density at radius 2 is 1.81 bits per heavy atom. The topological polar surface area (TPSA) is 46.3 Å². The summed E-state index contributed by atoms with van der Waals surface area (Å²) in [6.07, 6.45) is 0. The van der Waals surface area contributed by atoms with Gasteiger partial charge in [0.05, 0.1) is 5.56 Å². The minimum atomic E-state index is -0.864. The molecule has 2 N–H and O–H groups in total.